The van der Waals surface area contributed by atoms with E-state index in [9.17, 15) is 13.2 Å². The van der Waals surface area contributed by atoms with E-state index in [1.54, 1.807) is 30.5 Å². The van der Waals surface area contributed by atoms with Crippen molar-refractivity contribution >= 4 is 27.3 Å². The van der Waals surface area contributed by atoms with Crippen LogP contribution in [0.15, 0.2) is 60.8 Å². The number of nitrogens with zero attached hydrogens (tertiary/aromatic N) is 3. The largest absolute Gasteiger partial charge is 0.322 e. The van der Waals surface area contributed by atoms with Crippen LogP contribution in [-0.2, 0) is 23.0 Å². The molecule has 30 heavy (non-hydrogen) atoms. The van der Waals surface area contributed by atoms with Gasteiger partial charge in [0.25, 0.3) is 5.91 Å². The van der Waals surface area contributed by atoms with Gasteiger partial charge in [0.15, 0.2) is 0 Å². The standard InChI is InChI=1S/C22H24N4O3S/c1-2-21-20(15-23-25(21)16-17-8-4-3-5-9-17)22(27)24-18-10-6-11-19(14-18)26-12-7-13-30(26,28)29/h3-6,8-11,14-15H,2,7,12-13,16H2,1H3,(H,24,27). The average Bonchev–Trinajstić information content (AvgIpc) is 3.31. The summed E-state index contributed by atoms with van der Waals surface area (Å²) in [6.45, 7) is 3.06. The second kappa shape index (κ2) is 8.31. The fraction of sp³-hybridized carbons (Fsp3) is 0.273. The molecule has 1 amide bonds. The second-order valence-corrected chi connectivity index (χ2v) is 9.26. The van der Waals surface area contributed by atoms with Gasteiger partial charge in [-0.15, -0.1) is 0 Å². The van der Waals surface area contributed by atoms with Crippen molar-refractivity contribution in [3.8, 4) is 0 Å². The fourth-order valence-electron chi connectivity index (χ4n) is 3.73. The Kier molecular flexibility index (Phi) is 5.59. The van der Waals surface area contributed by atoms with Crippen molar-refractivity contribution in [2.45, 2.75) is 26.3 Å². The molecular formula is C22H24N4O3S. The normalized spacial score (nSPS) is 15.3. The average molecular weight is 425 g/mol. The second-order valence-electron chi connectivity index (χ2n) is 7.25. The molecule has 1 fully saturated rings. The predicted molar refractivity (Wildman–Crippen MR) is 117 cm³/mol. The van der Waals surface area contributed by atoms with Gasteiger partial charge in [-0.05, 0) is 36.6 Å². The Balaban J connectivity index is 1.54. The van der Waals surface area contributed by atoms with Crippen LogP contribution in [0.1, 0.15) is 35.0 Å². The monoisotopic (exact) mass is 424 g/mol. The Morgan fingerprint density at radius 3 is 2.63 bits per heavy atom. The molecule has 1 aliphatic heterocycles. The van der Waals surface area contributed by atoms with Crippen molar-refractivity contribution in [1.29, 1.82) is 0 Å². The van der Waals surface area contributed by atoms with Crippen LogP contribution in [0.5, 0.6) is 0 Å². The molecule has 0 unspecified atom stereocenters. The maximum absolute atomic E-state index is 12.9. The minimum Gasteiger partial charge on any atom is -0.322 e. The zero-order chi connectivity index (χ0) is 21.1. The Bertz CT molecular complexity index is 1160. The third kappa shape index (κ3) is 4.09. The van der Waals surface area contributed by atoms with Crippen molar-refractivity contribution in [3.63, 3.8) is 0 Å². The summed E-state index contributed by atoms with van der Waals surface area (Å²) < 4.78 is 27.6. The molecule has 1 N–H and O–H groups in total. The van der Waals surface area contributed by atoms with Crippen molar-refractivity contribution < 1.29 is 13.2 Å². The van der Waals surface area contributed by atoms with E-state index in [1.165, 1.54) is 4.31 Å². The molecule has 0 aliphatic carbocycles. The highest BCUT2D eigenvalue weighted by molar-refractivity contribution is 7.93. The number of aromatic nitrogens is 2. The minimum atomic E-state index is -3.27. The summed E-state index contributed by atoms with van der Waals surface area (Å²) in [6.07, 6.45) is 2.87. The molecule has 2 aromatic carbocycles. The van der Waals surface area contributed by atoms with Crippen LogP contribution in [0, 0.1) is 0 Å². The number of hydrogen-bond acceptors (Lipinski definition) is 4. The predicted octanol–water partition coefficient (Wildman–Crippen LogP) is 3.29. The van der Waals surface area contributed by atoms with Crippen molar-refractivity contribution in [3.05, 3.63) is 77.6 Å². The first-order valence-electron chi connectivity index (χ1n) is 9.98. The van der Waals surface area contributed by atoms with Gasteiger partial charge in [-0.25, -0.2) is 8.42 Å². The quantitative estimate of drug-likeness (QED) is 0.658. The molecule has 0 radical (unpaired) electrons. The fourth-order valence-corrected chi connectivity index (χ4v) is 5.29. The van der Waals surface area contributed by atoms with Gasteiger partial charge in [-0.2, -0.15) is 5.10 Å². The molecular weight excluding hydrogens is 400 g/mol. The van der Waals surface area contributed by atoms with Crippen LogP contribution < -0.4 is 9.62 Å². The summed E-state index contributed by atoms with van der Waals surface area (Å²) in [5.41, 5.74) is 3.61. The van der Waals surface area contributed by atoms with Crippen molar-refractivity contribution in [1.82, 2.24) is 9.78 Å². The van der Waals surface area contributed by atoms with E-state index in [0.717, 1.165) is 11.3 Å². The molecule has 0 atom stereocenters. The maximum Gasteiger partial charge on any atom is 0.259 e. The number of sulfonamides is 1. The molecule has 0 bridgehead atoms. The van der Waals surface area contributed by atoms with Crippen LogP contribution in [0.4, 0.5) is 11.4 Å². The number of anilines is 2. The first-order chi connectivity index (χ1) is 14.5. The Labute approximate surface area is 176 Å². The number of nitrogens with one attached hydrogen (secondary N) is 1. The first kappa shape index (κ1) is 20.2. The lowest BCUT2D eigenvalue weighted by Gasteiger charge is -2.17. The number of benzene rings is 2. The number of rotatable bonds is 6. The lowest BCUT2D eigenvalue weighted by Crippen LogP contribution is -2.25. The van der Waals surface area contributed by atoms with E-state index in [-0.39, 0.29) is 11.7 Å². The summed E-state index contributed by atoms with van der Waals surface area (Å²) in [7, 11) is -3.27. The Hall–Kier alpha value is -3.13. The highest BCUT2D eigenvalue weighted by Crippen LogP contribution is 2.26. The molecule has 3 aromatic rings. The molecule has 4 rings (SSSR count). The summed E-state index contributed by atoms with van der Waals surface area (Å²) in [6, 6.07) is 16.9. The van der Waals surface area contributed by atoms with Gasteiger partial charge >= 0.3 is 0 Å². The summed E-state index contributed by atoms with van der Waals surface area (Å²) >= 11 is 0. The van der Waals surface area contributed by atoms with E-state index in [0.29, 0.717) is 42.9 Å². The first-order valence-corrected chi connectivity index (χ1v) is 11.6. The lowest BCUT2D eigenvalue weighted by molar-refractivity contribution is 0.102. The van der Waals surface area contributed by atoms with Gasteiger partial charge in [0.05, 0.1) is 35.4 Å². The van der Waals surface area contributed by atoms with E-state index in [1.807, 2.05) is 41.9 Å². The molecule has 1 saturated heterocycles. The molecule has 1 aromatic heterocycles. The van der Waals surface area contributed by atoms with Crippen LogP contribution in [0.2, 0.25) is 0 Å². The van der Waals surface area contributed by atoms with Crippen LogP contribution >= 0.6 is 0 Å². The molecule has 2 heterocycles. The van der Waals surface area contributed by atoms with Gasteiger partial charge in [0, 0.05) is 12.2 Å². The third-order valence-electron chi connectivity index (χ3n) is 5.19. The van der Waals surface area contributed by atoms with E-state index >= 15 is 0 Å². The van der Waals surface area contributed by atoms with Gasteiger partial charge in [-0.3, -0.25) is 13.8 Å². The molecule has 1 aliphatic rings. The topological polar surface area (TPSA) is 84.3 Å². The van der Waals surface area contributed by atoms with Crippen molar-refractivity contribution in [2.75, 3.05) is 21.9 Å². The Morgan fingerprint density at radius 2 is 1.93 bits per heavy atom. The van der Waals surface area contributed by atoms with Crippen molar-refractivity contribution in [2.24, 2.45) is 0 Å². The number of carbonyl (C=O) groups is 1. The maximum atomic E-state index is 12.9. The summed E-state index contributed by atoms with van der Waals surface area (Å²) in [4.78, 5) is 12.9. The van der Waals surface area contributed by atoms with E-state index < -0.39 is 10.0 Å². The summed E-state index contributed by atoms with van der Waals surface area (Å²) in [5.74, 6) is -0.100. The zero-order valence-corrected chi connectivity index (χ0v) is 17.6. The highest BCUT2D eigenvalue weighted by atomic mass is 32.2. The van der Waals surface area contributed by atoms with Crippen LogP contribution in [0.25, 0.3) is 0 Å². The number of hydrogen-bond donors (Lipinski definition) is 1. The van der Waals surface area contributed by atoms with Gasteiger partial charge in [0.1, 0.15) is 0 Å². The molecule has 0 saturated carbocycles. The van der Waals surface area contributed by atoms with E-state index in [2.05, 4.69) is 10.4 Å². The highest BCUT2D eigenvalue weighted by Gasteiger charge is 2.28. The van der Waals surface area contributed by atoms with Gasteiger partial charge in [0.2, 0.25) is 10.0 Å². The number of amides is 1. The minimum absolute atomic E-state index is 0.157. The van der Waals surface area contributed by atoms with Crippen LogP contribution in [0.3, 0.4) is 0 Å². The molecule has 8 heteroatoms. The smallest absolute Gasteiger partial charge is 0.259 e. The Morgan fingerprint density at radius 1 is 1.13 bits per heavy atom. The molecule has 156 valence electrons. The van der Waals surface area contributed by atoms with Gasteiger partial charge < -0.3 is 5.32 Å². The SMILES string of the molecule is CCc1c(C(=O)Nc2cccc(N3CCCS3(=O)=O)c2)cnn1Cc1ccccc1. The van der Waals surface area contributed by atoms with Gasteiger partial charge in [-0.1, -0.05) is 43.3 Å². The van der Waals surface area contributed by atoms with E-state index in [4.69, 9.17) is 0 Å². The molecule has 7 nitrogen and oxygen atoms in total. The van der Waals surface area contributed by atoms with Crippen LogP contribution in [-0.4, -0.2) is 36.4 Å². The summed E-state index contributed by atoms with van der Waals surface area (Å²) in [5, 5.41) is 7.30. The molecule has 0 spiro atoms. The zero-order valence-electron chi connectivity index (χ0n) is 16.8. The third-order valence-corrected chi connectivity index (χ3v) is 7.06. The number of carbonyl (C=O) groups excluding carboxylic acids is 1. The lowest BCUT2D eigenvalue weighted by atomic mass is 10.1.